The molecule has 4 N–H and O–H groups in total. The highest BCUT2D eigenvalue weighted by Crippen LogP contribution is 2.29. The molecular weight excluding hydrogens is 514 g/mol. The molecule has 11 nitrogen and oxygen atoms in total. The van der Waals surface area contributed by atoms with Crippen LogP contribution in [0.4, 0.5) is 21.0 Å². The lowest BCUT2D eigenvalue weighted by molar-refractivity contribution is -0.134. The van der Waals surface area contributed by atoms with Crippen LogP contribution in [0.25, 0.3) is 0 Å². The number of carbonyl (C=O) groups excluding carboxylic acids is 3. The van der Waals surface area contributed by atoms with Crippen molar-refractivity contribution in [1.29, 1.82) is 0 Å². The minimum absolute atomic E-state index is 0.0348. The van der Waals surface area contributed by atoms with Gasteiger partial charge in [-0.1, -0.05) is 6.92 Å². The summed E-state index contributed by atoms with van der Waals surface area (Å²) in [5.41, 5.74) is 1.75. The highest BCUT2D eigenvalue weighted by atomic mass is 16.5. The van der Waals surface area contributed by atoms with Gasteiger partial charge in [0.15, 0.2) is 0 Å². The fraction of sp³-hybridized carbons (Fsp3) is 0.483. The summed E-state index contributed by atoms with van der Waals surface area (Å²) >= 11 is 0. The number of amides is 5. The third kappa shape index (κ3) is 8.25. The number of nitrogens with one attached hydrogen (secondary N) is 3. The van der Waals surface area contributed by atoms with Crippen LogP contribution in [0.3, 0.4) is 0 Å². The van der Waals surface area contributed by atoms with Gasteiger partial charge in [-0.05, 0) is 63.2 Å². The maximum Gasteiger partial charge on any atom is 0.321 e. The van der Waals surface area contributed by atoms with E-state index in [4.69, 9.17) is 9.47 Å². The molecule has 218 valence electrons. The lowest BCUT2D eigenvalue weighted by atomic mass is 10.0. The van der Waals surface area contributed by atoms with Crippen molar-refractivity contribution in [2.24, 2.45) is 5.92 Å². The number of ether oxygens (including phenoxy) is 2. The monoisotopic (exact) mass is 555 g/mol. The van der Waals surface area contributed by atoms with Crippen molar-refractivity contribution in [3.05, 3.63) is 48.0 Å². The third-order valence-corrected chi connectivity index (χ3v) is 6.74. The number of urea groups is 2. The van der Waals surface area contributed by atoms with E-state index in [0.717, 1.165) is 0 Å². The number of hydrogen-bond donors (Lipinski definition) is 4. The van der Waals surface area contributed by atoms with Gasteiger partial charge in [-0.2, -0.15) is 0 Å². The second-order valence-electron chi connectivity index (χ2n) is 10.5. The highest BCUT2D eigenvalue weighted by Gasteiger charge is 2.32. The SMILES string of the molecule is COc1ccc(NC(=O)N(C)C[C@H]2Oc3ccc(NC(=O)NC(C)C)cc3CC(=O)N([C@H](C)CO)C[C@@H]2C)cc1. The lowest BCUT2D eigenvalue weighted by Crippen LogP contribution is -2.48. The summed E-state index contributed by atoms with van der Waals surface area (Å²) in [5, 5.41) is 18.3. The number of aliphatic hydroxyl groups is 1. The van der Waals surface area contributed by atoms with Gasteiger partial charge in [-0.25, -0.2) is 9.59 Å². The van der Waals surface area contributed by atoms with Crippen LogP contribution in [0.2, 0.25) is 0 Å². The number of aliphatic hydroxyl groups excluding tert-OH is 1. The van der Waals surface area contributed by atoms with Gasteiger partial charge in [0.2, 0.25) is 5.91 Å². The van der Waals surface area contributed by atoms with E-state index in [9.17, 15) is 19.5 Å². The molecule has 0 fully saturated rings. The minimum Gasteiger partial charge on any atom is -0.497 e. The Hall–Kier alpha value is -3.99. The zero-order valence-electron chi connectivity index (χ0n) is 24.1. The molecule has 0 spiro atoms. The van der Waals surface area contributed by atoms with E-state index in [1.54, 1.807) is 68.4 Å². The molecule has 1 aliphatic rings. The van der Waals surface area contributed by atoms with E-state index in [1.807, 2.05) is 20.8 Å². The first kappa shape index (κ1) is 30.6. The molecule has 3 rings (SSSR count). The molecule has 0 aliphatic carbocycles. The Morgan fingerprint density at radius 2 is 1.80 bits per heavy atom. The first-order chi connectivity index (χ1) is 19.0. The van der Waals surface area contributed by atoms with E-state index in [2.05, 4.69) is 16.0 Å². The normalized spacial score (nSPS) is 17.9. The summed E-state index contributed by atoms with van der Waals surface area (Å²) in [7, 11) is 3.26. The van der Waals surface area contributed by atoms with E-state index >= 15 is 0 Å². The Labute approximate surface area is 235 Å². The largest absolute Gasteiger partial charge is 0.497 e. The Bertz CT molecular complexity index is 1170. The average molecular weight is 556 g/mol. The van der Waals surface area contributed by atoms with Crippen molar-refractivity contribution in [1.82, 2.24) is 15.1 Å². The van der Waals surface area contributed by atoms with Crippen molar-refractivity contribution in [2.75, 3.05) is 44.5 Å². The maximum atomic E-state index is 13.4. The van der Waals surface area contributed by atoms with Gasteiger partial charge in [0.1, 0.15) is 17.6 Å². The number of nitrogens with zero attached hydrogens (tertiary/aromatic N) is 2. The van der Waals surface area contributed by atoms with Gasteiger partial charge in [-0.15, -0.1) is 0 Å². The fourth-order valence-electron chi connectivity index (χ4n) is 4.40. The van der Waals surface area contributed by atoms with Crippen LogP contribution >= 0.6 is 0 Å². The van der Waals surface area contributed by atoms with Crippen LogP contribution in [0.15, 0.2) is 42.5 Å². The summed E-state index contributed by atoms with van der Waals surface area (Å²) in [5.74, 6) is 0.860. The highest BCUT2D eigenvalue weighted by molar-refractivity contribution is 5.90. The van der Waals surface area contributed by atoms with Crippen molar-refractivity contribution >= 4 is 29.3 Å². The van der Waals surface area contributed by atoms with Crippen LogP contribution in [-0.2, 0) is 11.2 Å². The maximum absolute atomic E-state index is 13.4. The molecule has 0 bridgehead atoms. The molecule has 0 aromatic heterocycles. The summed E-state index contributed by atoms with van der Waals surface area (Å²) < 4.78 is 11.6. The summed E-state index contributed by atoms with van der Waals surface area (Å²) in [6.07, 6.45) is -0.429. The average Bonchev–Trinajstić information content (AvgIpc) is 2.95. The lowest BCUT2D eigenvalue weighted by Gasteiger charge is -2.34. The van der Waals surface area contributed by atoms with Crippen molar-refractivity contribution in [3.63, 3.8) is 0 Å². The van der Waals surface area contributed by atoms with Gasteiger partial charge in [0, 0.05) is 42.5 Å². The number of likely N-dealkylation sites (N-methyl/N-ethyl adjacent to an activating group) is 1. The summed E-state index contributed by atoms with van der Waals surface area (Å²) in [4.78, 5) is 41.8. The second kappa shape index (κ2) is 13.9. The van der Waals surface area contributed by atoms with Gasteiger partial charge in [0.25, 0.3) is 0 Å². The Morgan fingerprint density at radius 1 is 1.12 bits per heavy atom. The second-order valence-corrected chi connectivity index (χ2v) is 10.5. The van der Waals surface area contributed by atoms with Crippen molar-refractivity contribution < 1.29 is 29.0 Å². The molecule has 0 saturated carbocycles. The molecule has 0 radical (unpaired) electrons. The van der Waals surface area contributed by atoms with E-state index in [1.165, 1.54) is 4.90 Å². The molecule has 2 aromatic rings. The molecule has 0 saturated heterocycles. The predicted octanol–water partition coefficient (Wildman–Crippen LogP) is 3.54. The Balaban J connectivity index is 1.84. The number of anilines is 2. The topological polar surface area (TPSA) is 132 Å². The zero-order chi connectivity index (χ0) is 29.4. The number of fused-ring (bicyclic) bond motifs is 1. The molecule has 1 heterocycles. The van der Waals surface area contributed by atoms with Gasteiger partial charge in [0.05, 0.1) is 32.7 Å². The number of benzene rings is 2. The first-order valence-corrected chi connectivity index (χ1v) is 13.4. The molecular formula is C29H41N5O6. The van der Waals surface area contributed by atoms with Gasteiger partial charge < -0.3 is 40.3 Å². The summed E-state index contributed by atoms with van der Waals surface area (Å²) in [6, 6.07) is 11.1. The fourth-order valence-corrected chi connectivity index (χ4v) is 4.40. The Morgan fingerprint density at radius 3 is 2.42 bits per heavy atom. The third-order valence-electron chi connectivity index (χ3n) is 6.74. The van der Waals surface area contributed by atoms with Crippen molar-refractivity contribution in [3.8, 4) is 11.5 Å². The number of rotatable bonds is 8. The standard InChI is InChI=1S/C29H41N5O6/c1-18(2)30-28(37)31-23-9-12-25-21(13-23)14-27(36)34(20(4)17-35)15-19(3)26(40-25)16-33(5)29(38)32-22-7-10-24(39-6)11-8-22/h7-13,18-20,26,35H,14-17H2,1-6H3,(H,32,38)(H2,30,31,37)/t19-,20+,26+/m0/s1. The molecule has 1 aliphatic heterocycles. The molecule has 0 unspecified atom stereocenters. The van der Waals surface area contributed by atoms with Crippen LogP contribution in [0.1, 0.15) is 33.3 Å². The van der Waals surface area contributed by atoms with Crippen LogP contribution < -0.4 is 25.4 Å². The molecule has 3 atom stereocenters. The van der Waals surface area contributed by atoms with Gasteiger partial charge >= 0.3 is 12.1 Å². The summed E-state index contributed by atoms with van der Waals surface area (Å²) in [6.45, 7) is 7.89. The number of methoxy groups -OCH3 is 1. The molecule has 11 heteroatoms. The van der Waals surface area contributed by atoms with Crippen LogP contribution in [0, 0.1) is 5.92 Å². The number of carbonyl (C=O) groups is 3. The van der Waals surface area contributed by atoms with Gasteiger partial charge in [-0.3, -0.25) is 4.79 Å². The van der Waals surface area contributed by atoms with Crippen LogP contribution in [0.5, 0.6) is 11.5 Å². The molecule has 5 amide bonds. The predicted molar refractivity (Wildman–Crippen MR) is 154 cm³/mol. The van der Waals surface area contributed by atoms with E-state index in [0.29, 0.717) is 35.0 Å². The quantitative estimate of drug-likeness (QED) is 0.394. The van der Waals surface area contributed by atoms with E-state index in [-0.39, 0.29) is 49.5 Å². The minimum atomic E-state index is -0.465. The molecule has 40 heavy (non-hydrogen) atoms. The van der Waals surface area contributed by atoms with Crippen molar-refractivity contribution in [2.45, 2.75) is 52.3 Å². The smallest absolute Gasteiger partial charge is 0.321 e. The number of hydrogen-bond acceptors (Lipinski definition) is 6. The van der Waals surface area contributed by atoms with E-state index < -0.39 is 12.1 Å². The van der Waals surface area contributed by atoms with Crippen LogP contribution in [-0.4, -0.2) is 84.9 Å². The first-order valence-electron chi connectivity index (χ1n) is 13.4. The Kier molecular flexibility index (Phi) is 10.6. The zero-order valence-corrected chi connectivity index (χ0v) is 24.1. The molecule has 2 aromatic carbocycles.